The number of allylic oxidation sites excluding steroid dienone is 1. The van der Waals surface area contributed by atoms with Crippen molar-refractivity contribution >= 4 is 23.2 Å². The van der Waals surface area contributed by atoms with E-state index in [4.69, 9.17) is 23.2 Å². The molecule has 0 aliphatic carbocycles. The van der Waals surface area contributed by atoms with Gasteiger partial charge in [0.05, 0.1) is 6.54 Å². The summed E-state index contributed by atoms with van der Waals surface area (Å²) in [5.74, 6) is 0. The summed E-state index contributed by atoms with van der Waals surface area (Å²) in [6.07, 6.45) is 3.78. The molecular weight excluding hydrogens is 180 g/mol. The molecule has 0 aromatic heterocycles. The molecule has 0 amide bonds. The maximum Gasteiger partial charge on any atom is 0.102 e. The fourth-order valence-electron chi connectivity index (χ4n) is 0.356. The van der Waals surface area contributed by atoms with Crippen LogP contribution in [0.4, 0.5) is 0 Å². The second kappa shape index (κ2) is 8.57. The maximum atomic E-state index is 5.32. The van der Waals surface area contributed by atoms with Gasteiger partial charge in [0.2, 0.25) is 0 Å². The summed E-state index contributed by atoms with van der Waals surface area (Å²) in [4.78, 5) is 0. The average Bonchev–Trinajstić information content (AvgIpc) is 1.66. The molecule has 0 saturated heterocycles. The predicted octanol–water partition coefficient (Wildman–Crippen LogP) is -1.67. The van der Waals surface area contributed by atoms with Gasteiger partial charge in [0.1, 0.15) is 4.49 Å². The van der Waals surface area contributed by atoms with Crippen LogP contribution in [0, 0.1) is 0 Å². The van der Waals surface area contributed by atoms with E-state index in [-0.39, 0.29) is 12.4 Å². The molecule has 56 valence electrons. The lowest BCUT2D eigenvalue weighted by Crippen LogP contribution is -3.00. The smallest absolute Gasteiger partial charge is 0.102 e. The van der Waals surface area contributed by atoms with Gasteiger partial charge in [-0.3, -0.25) is 0 Å². The SMILES string of the molecule is [Cl-].[NH3+]CCCC=C(Cl)Cl. The maximum absolute atomic E-state index is 5.32. The molecule has 9 heavy (non-hydrogen) atoms. The molecule has 0 unspecified atom stereocenters. The first-order chi connectivity index (χ1) is 3.77. The van der Waals surface area contributed by atoms with Crippen molar-refractivity contribution in [2.45, 2.75) is 12.8 Å². The van der Waals surface area contributed by atoms with Crippen molar-refractivity contribution in [2.24, 2.45) is 0 Å². The van der Waals surface area contributed by atoms with E-state index in [0.29, 0.717) is 4.49 Å². The molecule has 0 fully saturated rings. The summed E-state index contributed by atoms with van der Waals surface area (Å²) >= 11 is 10.6. The van der Waals surface area contributed by atoms with Crippen LogP contribution in [-0.2, 0) is 0 Å². The van der Waals surface area contributed by atoms with Crippen molar-refractivity contribution in [3.05, 3.63) is 10.6 Å². The Morgan fingerprint density at radius 3 is 2.33 bits per heavy atom. The van der Waals surface area contributed by atoms with Crippen LogP contribution in [0.5, 0.6) is 0 Å². The minimum absolute atomic E-state index is 0. The van der Waals surface area contributed by atoms with E-state index in [1.807, 2.05) is 0 Å². The van der Waals surface area contributed by atoms with Crippen LogP contribution >= 0.6 is 23.2 Å². The topological polar surface area (TPSA) is 27.6 Å². The van der Waals surface area contributed by atoms with Gasteiger partial charge in [-0.05, 0) is 12.8 Å². The summed E-state index contributed by atoms with van der Waals surface area (Å²) in [5, 5.41) is 0. The Kier molecular flexibility index (Phi) is 11.7. The largest absolute Gasteiger partial charge is 1.00 e. The van der Waals surface area contributed by atoms with E-state index in [1.165, 1.54) is 0 Å². The molecule has 0 heterocycles. The first-order valence-corrected chi connectivity index (χ1v) is 3.33. The van der Waals surface area contributed by atoms with Crippen molar-refractivity contribution in [3.8, 4) is 0 Å². The number of unbranched alkanes of at least 4 members (excludes halogenated alkanes) is 1. The molecule has 4 heteroatoms. The standard InChI is InChI=1S/C5H9Cl2N.ClH/c6-5(7)3-1-2-4-8;/h3H,1-2,4,8H2;1H. The highest BCUT2D eigenvalue weighted by atomic mass is 35.5. The van der Waals surface area contributed by atoms with Gasteiger partial charge < -0.3 is 18.1 Å². The third-order valence-electron chi connectivity index (χ3n) is 0.753. The Hall–Kier alpha value is 0.570. The van der Waals surface area contributed by atoms with Crippen molar-refractivity contribution in [1.29, 1.82) is 0 Å². The lowest BCUT2D eigenvalue weighted by molar-refractivity contribution is -0.368. The summed E-state index contributed by atoms with van der Waals surface area (Å²) in [7, 11) is 0. The summed E-state index contributed by atoms with van der Waals surface area (Å²) in [6.45, 7) is 0.942. The van der Waals surface area contributed by atoms with E-state index >= 15 is 0 Å². The summed E-state index contributed by atoms with van der Waals surface area (Å²) < 4.78 is 0.360. The van der Waals surface area contributed by atoms with Gasteiger partial charge in [0.15, 0.2) is 0 Å². The van der Waals surface area contributed by atoms with Gasteiger partial charge in [0, 0.05) is 0 Å². The zero-order valence-electron chi connectivity index (χ0n) is 5.04. The fourth-order valence-corrected chi connectivity index (χ4v) is 0.574. The average molecular weight is 191 g/mol. The normalized spacial score (nSPS) is 7.89. The molecule has 0 aromatic rings. The van der Waals surface area contributed by atoms with Crippen molar-refractivity contribution in [2.75, 3.05) is 6.54 Å². The third kappa shape index (κ3) is 11.9. The molecule has 0 radical (unpaired) electrons. The second-order valence-corrected chi connectivity index (χ2v) is 2.50. The van der Waals surface area contributed by atoms with Gasteiger partial charge in [-0.15, -0.1) is 0 Å². The van der Waals surface area contributed by atoms with Gasteiger partial charge in [-0.1, -0.05) is 29.3 Å². The quantitative estimate of drug-likeness (QED) is 0.516. The monoisotopic (exact) mass is 189 g/mol. The highest BCUT2D eigenvalue weighted by Crippen LogP contribution is 2.07. The summed E-state index contributed by atoms with van der Waals surface area (Å²) in [6, 6.07) is 0. The summed E-state index contributed by atoms with van der Waals surface area (Å²) in [5.41, 5.74) is 3.67. The van der Waals surface area contributed by atoms with Crippen LogP contribution in [0.1, 0.15) is 12.8 Å². The van der Waals surface area contributed by atoms with Crippen LogP contribution < -0.4 is 18.1 Å². The van der Waals surface area contributed by atoms with Crippen molar-refractivity contribution in [1.82, 2.24) is 0 Å². The first-order valence-electron chi connectivity index (χ1n) is 2.57. The van der Waals surface area contributed by atoms with Crippen molar-refractivity contribution < 1.29 is 18.1 Å². The lowest BCUT2D eigenvalue weighted by atomic mass is 10.3. The van der Waals surface area contributed by atoms with Gasteiger partial charge >= 0.3 is 0 Å². The van der Waals surface area contributed by atoms with E-state index in [9.17, 15) is 0 Å². The van der Waals surface area contributed by atoms with Crippen LogP contribution in [-0.4, -0.2) is 6.54 Å². The highest BCUT2D eigenvalue weighted by Gasteiger charge is 1.83. The minimum Gasteiger partial charge on any atom is -1.00 e. The second-order valence-electron chi connectivity index (χ2n) is 1.49. The Labute approximate surface area is 71.6 Å². The Morgan fingerprint density at radius 1 is 1.44 bits per heavy atom. The van der Waals surface area contributed by atoms with E-state index < -0.39 is 0 Å². The zero-order valence-corrected chi connectivity index (χ0v) is 7.31. The van der Waals surface area contributed by atoms with E-state index in [2.05, 4.69) is 5.73 Å². The molecule has 0 aliphatic heterocycles. The molecule has 1 nitrogen and oxygen atoms in total. The number of rotatable bonds is 3. The van der Waals surface area contributed by atoms with Gasteiger partial charge in [0.25, 0.3) is 0 Å². The Morgan fingerprint density at radius 2 is 2.00 bits per heavy atom. The predicted molar refractivity (Wildman–Crippen MR) is 36.8 cm³/mol. The fraction of sp³-hybridized carbons (Fsp3) is 0.600. The van der Waals surface area contributed by atoms with Crippen LogP contribution in [0.15, 0.2) is 10.6 Å². The number of halogens is 3. The van der Waals surface area contributed by atoms with E-state index in [1.54, 1.807) is 6.08 Å². The van der Waals surface area contributed by atoms with Gasteiger partial charge in [-0.25, -0.2) is 0 Å². The first kappa shape index (κ1) is 12.3. The minimum atomic E-state index is 0. The Bertz CT molecular complexity index is 78.3. The van der Waals surface area contributed by atoms with Gasteiger partial charge in [-0.2, -0.15) is 0 Å². The molecular formula is C5H10Cl3N. The molecule has 0 atom stereocenters. The van der Waals surface area contributed by atoms with Crippen LogP contribution in [0.25, 0.3) is 0 Å². The zero-order chi connectivity index (χ0) is 6.41. The molecule has 0 rings (SSSR count). The van der Waals surface area contributed by atoms with Crippen molar-refractivity contribution in [3.63, 3.8) is 0 Å². The lowest BCUT2D eigenvalue weighted by Gasteiger charge is -1.84. The van der Waals surface area contributed by atoms with Crippen LogP contribution in [0.3, 0.4) is 0 Å². The molecule has 0 bridgehead atoms. The number of hydrogen-bond acceptors (Lipinski definition) is 0. The molecule has 0 spiro atoms. The van der Waals surface area contributed by atoms with Crippen LogP contribution in [0.2, 0.25) is 0 Å². The molecule has 3 N–H and O–H groups in total. The number of hydrogen-bond donors (Lipinski definition) is 1. The highest BCUT2D eigenvalue weighted by molar-refractivity contribution is 6.55. The van der Waals surface area contributed by atoms with E-state index in [0.717, 1.165) is 19.4 Å². The third-order valence-corrected chi connectivity index (χ3v) is 1.06. The molecule has 0 aromatic carbocycles. The number of quaternary nitrogens is 1. The molecule has 0 saturated carbocycles. The molecule has 0 aliphatic rings. The Balaban J connectivity index is 0.